The standard InChI is InChI=1S/C18H23N3O3/c1-11-7-5-8-15(23)21(11)10-6-9-19-18(24)16-12(2)17(14(4)22)20-13(16)3/h5,7-8,20H,6,9-10H2,1-4H3,(H,19,24). The average Bonchev–Trinajstić information content (AvgIpc) is 2.81. The van der Waals surface area contributed by atoms with Crippen molar-refractivity contribution in [3.8, 4) is 0 Å². The van der Waals surface area contributed by atoms with Gasteiger partial charge in [0.2, 0.25) is 0 Å². The monoisotopic (exact) mass is 329 g/mol. The molecule has 0 atom stereocenters. The zero-order valence-corrected chi connectivity index (χ0v) is 14.5. The van der Waals surface area contributed by atoms with E-state index in [4.69, 9.17) is 0 Å². The number of aromatic nitrogens is 2. The fourth-order valence-electron chi connectivity index (χ4n) is 2.88. The Kier molecular flexibility index (Phi) is 5.39. The molecule has 2 aromatic heterocycles. The molecule has 0 aliphatic heterocycles. The van der Waals surface area contributed by atoms with Gasteiger partial charge in [0, 0.05) is 37.5 Å². The van der Waals surface area contributed by atoms with E-state index in [0.29, 0.717) is 42.0 Å². The zero-order valence-electron chi connectivity index (χ0n) is 14.5. The number of hydrogen-bond donors (Lipinski definition) is 2. The second kappa shape index (κ2) is 7.29. The van der Waals surface area contributed by atoms with Gasteiger partial charge in [-0.05, 0) is 38.8 Å². The van der Waals surface area contributed by atoms with Crippen molar-refractivity contribution in [3.05, 3.63) is 56.8 Å². The molecule has 0 bridgehead atoms. The molecule has 128 valence electrons. The van der Waals surface area contributed by atoms with Crippen LogP contribution in [0.25, 0.3) is 0 Å². The number of aromatic amines is 1. The number of ketones is 1. The van der Waals surface area contributed by atoms with Gasteiger partial charge in [-0.15, -0.1) is 0 Å². The van der Waals surface area contributed by atoms with E-state index in [9.17, 15) is 14.4 Å². The number of amides is 1. The van der Waals surface area contributed by atoms with E-state index in [0.717, 1.165) is 5.69 Å². The Bertz CT molecular complexity index is 831. The van der Waals surface area contributed by atoms with Crippen LogP contribution in [0.3, 0.4) is 0 Å². The normalized spacial score (nSPS) is 10.7. The van der Waals surface area contributed by atoms with Gasteiger partial charge in [0.05, 0.1) is 11.3 Å². The highest BCUT2D eigenvalue weighted by Gasteiger charge is 2.19. The largest absolute Gasteiger partial charge is 0.355 e. The molecule has 0 spiro atoms. The lowest BCUT2D eigenvalue weighted by atomic mass is 10.1. The molecule has 2 N–H and O–H groups in total. The maximum atomic E-state index is 12.4. The molecule has 0 saturated heterocycles. The quantitative estimate of drug-likeness (QED) is 0.629. The lowest BCUT2D eigenvalue weighted by Gasteiger charge is -2.10. The van der Waals surface area contributed by atoms with Crippen LogP contribution in [0.5, 0.6) is 0 Å². The Hall–Kier alpha value is -2.63. The number of pyridine rings is 1. The van der Waals surface area contributed by atoms with Gasteiger partial charge >= 0.3 is 0 Å². The van der Waals surface area contributed by atoms with E-state index in [1.165, 1.54) is 13.0 Å². The number of hydrogen-bond acceptors (Lipinski definition) is 3. The topological polar surface area (TPSA) is 84.0 Å². The number of nitrogens with zero attached hydrogens (tertiary/aromatic N) is 1. The van der Waals surface area contributed by atoms with Gasteiger partial charge in [-0.25, -0.2) is 0 Å². The SMILES string of the molecule is CC(=O)c1[nH]c(C)c(C(=O)NCCCn2c(C)cccc2=O)c1C. The van der Waals surface area contributed by atoms with Crippen LogP contribution in [-0.4, -0.2) is 27.8 Å². The summed E-state index contributed by atoms with van der Waals surface area (Å²) in [4.78, 5) is 38.7. The average molecular weight is 329 g/mol. The Morgan fingerprint density at radius 3 is 2.50 bits per heavy atom. The summed E-state index contributed by atoms with van der Waals surface area (Å²) in [5, 5.41) is 2.86. The molecule has 0 aliphatic carbocycles. The lowest BCUT2D eigenvalue weighted by molar-refractivity contribution is 0.0951. The molecule has 1 amide bonds. The third-order valence-electron chi connectivity index (χ3n) is 4.13. The van der Waals surface area contributed by atoms with Crippen LogP contribution in [0.4, 0.5) is 0 Å². The van der Waals surface area contributed by atoms with Crippen molar-refractivity contribution < 1.29 is 9.59 Å². The number of rotatable bonds is 6. The molecule has 0 aromatic carbocycles. The Morgan fingerprint density at radius 2 is 1.92 bits per heavy atom. The van der Waals surface area contributed by atoms with E-state index < -0.39 is 0 Å². The molecule has 0 radical (unpaired) electrons. The highest BCUT2D eigenvalue weighted by atomic mass is 16.2. The molecule has 2 rings (SSSR count). The molecule has 0 saturated carbocycles. The van der Waals surface area contributed by atoms with Crippen molar-refractivity contribution in [2.24, 2.45) is 0 Å². The summed E-state index contributed by atoms with van der Waals surface area (Å²) in [5.41, 5.74) is 3.22. The highest BCUT2D eigenvalue weighted by Crippen LogP contribution is 2.18. The highest BCUT2D eigenvalue weighted by molar-refractivity contribution is 6.02. The molecule has 0 unspecified atom stereocenters. The summed E-state index contributed by atoms with van der Waals surface area (Å²) >= 11 is 0. The summed E-state index contributed by atoms with van der Waals surface area (Å²) < 4.78 is 1.69. The van der Waals surface area contributed by atoms with Crippen molar-refractivity contribution >= 4 is 11.7 Å². The first-order chi connectivity index (χ1) is 11.3. The van der Waals surface area contributed by atoms with Crippen LogP contribution < -0.4 is 10.9 Å². The predicted octanol–water partition coefficient (Wildman–Crippen LogP) is 2.12. The van der Waals surface area contributed by atoms with Gasteiger partial charge in [-0.2, -0.15) is 0 Å². The van der Waals surface area contributed by atoms with Gasteiger partial charge in [-0.3, -0.25) is 14.4 Å². The van der Waals surface area contributed by atoms with Crippen molar-refractivity contribution in [3.63, 3.8) is 0 Å². The van der Waals surface area contributed by atoms with E-state index in [2.05, 4.69) is 10.3 Å². The van der Waals surface area contributed by atoms with Gasteiger partial charge in [0.15, 0.2) is 5.78 Å². The first-order valence-electron chi connectivity index (χ1n) is 7.97. The summed E-state index contributed by atoms with van der Waals surface area (Å²) in [7, 11) is 0. The summed E-state index contributed by atoms with van der Waals surface area (Å²) in [6.45, 7) is 7.91. The zero-order chi connectivity index (χ0) is 17.9. The molecular formula is C18H23N3O3. The second-order valence-electron chi connectivity index (χ2n) is 5.95. The summed E-state index contributed by atoms with van der Waals surface area (Å²) in [6, 6.07) is 5.15. The Morgan fingerprint density at radius 1 is 1.21 bits per heavy atom. The van der Waals surface area contributed by atoms with Crippen LogP contribution in [0.2, 0.25) is 0 Å². The molecule has 6 nitrogen and oxygen atoms in total. The van der Waals surface area contributed by atoms with E-state index in [-0.39, 0.29) is 17.2 Å². The summed E-state index contributed by atoms with van der Waals surface area (Å²) in [5.74, 6) is -0.292. The second-order valence-corrected chi connectivity index (χ2v) is 5.95. The van der Waals surface area contributed by atoms with Crippen molar-refractivity contribution in [1.82, 2.24) is 14.9 Å². The summed E-state index contributed by atoms with van der Waals surface area (Å²) in [6.07, 6.45) is 0.651. The minimum absolute atomic E-state index is 0.0373. The molecular weight excluding hydrogens is 306 g/mol. The van der Waals surface area contributed by atoms with Crippen LogP contribution in [0, 0.1) is 20.8 Å². The third kappa shape index (κ3) is 3.64. The maximum Gasteiger partial charge on any atom is 0.253 e. The van der Waals surface area contributed by atoms with Crippen molar-refractivity contribution in [2.45, 2.75) is 40.7 Å². The van der Waals surface area contributed by atoms with Gasteiger partial charge < -0.3 is 14.9 Å². The smallest absolute Gasteiger partial charge is 0.253 e. The molecule has 2 heterocycles. The molecule has 6 heteroatoms. The minimum atomic E-state index is -0.203. The van der Waals surface area contributed by atoms with Crippen LogP contribution in [0.1, 0.15) is 51.1 Å². The van der Waals surface area contributed by atoms with Crippen LogP contribution in [-0.2, 0) is 6.54 Å². The number of H-pyrrole nitrogens is 1. The first kappa shape index (κ1) is 17.7. The molecule has 0 fully saturated rings. The van der Waals surface area contributed by atoms with Crippen molar-refractivity contribution in [1.29, 1.82) is 0 Å². The minimum Gasteiger partial charge on any atom is -0.355 e. The Labute approximate surface area is 140 Å². The lowest BCUT2D eigenvalue weighted by Crippen LogP contribution is -2.28. The Balaban J connectivity index is 1.97. The first-order valence-corrected chi connectivity index (χ1v) is 7.97. The van der Waals surface area contributed by atoms with Gasteiger partial charge in [-0.1, -0.05) is 6.07 Å². The maximum absolute atomic E-state index is 12.4. The predicted molar refractivity (Wildman–Crippen MR) is 92.7 cm³/mol. The molecule has 24 heavy (non-hydrogen) atoms. The third-order valence-corrected chi connectivity index (χ3v) is 4.13. The number of Topliss-reactive ketones (excluding diaryl/α,β-unsaturated/α-hetero) is 1. The molecule has 2 aromatic rings. The van der Waals surface area contributed by atoms with Gasteiger partial charge in [0.1, 0.15) is 0 Å². The van der Waals surface area contributed by atoms with Crippen LogP contribution in [0.15, 0.2) is 23.0 Å². The van der Waals surface area contributed by atoms with Crippen molar-refractivity contribution in [2.75, 3.05) is 6.54 Å². The number of nitrogens with one attached hydrogen (secondary N) is 2. The number of aryl methyl sites for hydroxylation is 2. The van der Waals surface area contributed by atoms with E-state index in [1.54, 1.807) is 24.5 Å². The van der Waals surface area contributed by atoms with Gasteiger partial charge in [0.25, 0.3) is 11.5 Å². The van der Waals surface area contributed by atoms with Crippen LogP contribution >= 0.6 is 0 Å². The number of carbonyl (C=O) groups excluding carboxylic acids is 2. The fourth-order valence-corrected chi connectivity index (χ4v) is 2.88. The van der Waals surface area contributed by atoms with E-state index >= 15 is 0 Å². The number of carbonyl (C=O) groups is 2. The fraction of sp³-hybridized carbons (Fsp3) is 0.389. The van der Waals surface area contributed by atoms with E-state index in [1.807, 2.05) is 13.0 Å². The molecule has 0 aliphatic rings.